The largest absolute Gasteiger partial charge is 0.324 e. The Kier molecular flexibility index (Phi) is 4.74. The second-order valence-electron chi connectivity index (χ2n) is 5.09. The van der Waals surface area contributed by atoms with Gasteiger partial charge in [0.25, 0.3) is 0 Å². The molecule has 0 unspecified atom stereocenters. The van der Waals surface area contributed by atoms with Gasteiger partial charge in [0.05, 0.1) is 22.0 Å². The number of nitriles is 1. The van der Waals surface area contributed by atoms with Crippen molar-refractivity contribution < 1.29 is 9.59 Å². The van der Waals surface area contributed by atoms with E-state index in [0.717, 1.165) is 10.6 Å². The summed E-state index contributed by atoms with van der Waals surface area (Å²) in [7, 11) is 0. The van der Waals surface area contributed by atoms with Crippen molar-refractivity contribution >= 4 is 46.6 Å². The number of para-hydroxylation sites is 1. The van der Waals surface area contributed by atoms with Crippen molar-refractivity contribution in [3.8, 4) is 6.07 Å². The van der Waals surface area contributed by atoms with Gasteiger partial charge in [-0.3, -0.25) is 9.59 Å². The molecule has 2 amide bonds. The topological polar surface area (TPSA) is 73.2 Å². The summed E-state index contributed by atoms with van der Waals surface area (Å²) in [6.07, 6.45) is 0. The van der Waals surface area contributed by atoms with Gasteiger partial charge in [-0.15, -0.1) is 11.8 Å². The van der Waals surface area contributed by atoms with Crippen molar-refractivity contribution in [1.29, 1.82) is 5.26 Å². The van der Waals surface area contributed by atoms with Crippen molar-refractivity contribution in [1.82, 2.24) is 0 Å². The van der Waals surface area contributed by atoms with Gasteiger partial charge in [0, 0.05) is 10.6 Å². The van der Waals surface area contributed by atoms with Gasteiger partial charge in [-0.05, 0) is 30.3 Å². The van der Waals surface area contributed by atoms with Crippen molar-refractivity contribution in [2.75, 3.05) is 22.5 Å². The zero-order valence-corrected chi connectivity index (χ0v) is 14.0. The third kappa shape index (κ3) is 3.37. The van der Waals surface area contributed by atoms with E-state index in [-0.39, 0.29) is 23.4 Å². The minimum atomic E-state index is -0.328. The van der Waals surface area contributed by atoms with Crippen LogP contribution in [0.1, 0.15) is 5.56 Å². The van der Waals surface area contributed by atoms with Crippen LogP contribution in [0.5, 0.6) is 0 Å². The van der Waals surface area contributed by atoms with E-state index in [2.05, 4.69) is 5.32 Å². The van der Waals surface area contributed by atoms with Gasteiger partial charge in [-0.2, -0.15) is 5.26 Å². The van der Waals surface area contributed by atoms with Gasteiger partial charge in [0.15, 0.2) is 0 Å². The van der Waals surface area contributed by atoms with Crippen LogP contribution in [0.3, 0.4) is 0 Å². The van der Waals surface area contributed by atoms with Crippen LogP contribution in [0.25, 0.3) is 0 Å². The van der Waals surface area contributed by atoms with Gasteiger partial charge in [-0.25, -0.2) is 0 Å². The molecule has 0 saturated carbocycles. The molecule has 3 rings (SSSR count). The third-order valence-electron chi connectivity index (χ3n) is 3.48. The van der Waals surface area contributed by atoms with Crippen LogP contribution in [0.2, 0.25) is 5.02 Å². The third-order valence-corrected chi connectivity index (χ3v) is 4.84. The highest BCUT2D eigenvalue weighted by molar-refractivity contribution is 8.00. The van der Waals surface area contributed by atoms with Crippen LogP contribution < -0.4 is 10.2 Å². The Labute approximate surface area is 148 Å². The van der Waals surface area contributed by atoms with Crippen molar-refractivity contribution in [3.63, 3.8) is 0 Å². The molecule has 1 heterocycles. The molecule has 0 saturated heterocycles. The SMILES string of the molecule is N#Cc1ccc(NC(=O)CN2C(=O)CSc3ccccc32)cc1Cl. The number of amides is 2. The Balaban J connectivity index is 1.74. The molecule has 0 atom stereocenters. The first-order valence-electron chi connectivity index (χ1n) is 7.10. The summed E-state index contributed by atoms with van der Waals surface area (Å²) >= 11 is 7.42. The van der Waals surface area contributed by atoms with E-state index < -0.39 is 0 Å². The monoisotopic (exact) mass is 357 g/mol. The summed E-state index contributed by atoms with van der Waals surface area (Å²) in [5.74, 6) is -0.120. The van der Waals surface area contributed by atoms with Crippen LogP contribution in [-0.2, 0) is 9.59 Å². The summed E-state index contributed by atoms with van der Waals surface area (Å²) in [6.45, 7) is -0.0754. The van der Waals surface area contributed by atoms with E-state index in [1.807, 2.05) is 30.3 Å². The summed E-state index contributed by atoms with van der Waals surface area (Å²) in [6, 6.07) is 14.1. The van der Waals surface area contributed by atoms with Gasteiger partial charge >= 0.3 is 0 Å². The lowest BCUT2D eigenvalue weighted by molar-refractivity contribution is -0.120. The smallest absolute Gasteiger partial charge is 0.244 e. The standard InChI is InChI=1S/C17H12ClN3O2S/c18-13-7-12(6-5-11(13)8-19)20-16(22)9-21-14-3-1-2-4-15(14)24-10-17(21)23/h1-7H,9-10H2,(H,20,22). The second-order valence-corrected chi connectivity index (χ2v) is 6.52. The predicted octanol–water partition coefficient (Wildman–Crippen LogP) is 3.29. The molecule has 120 valence electrons. The molecule has 0 bridgehead atoms. The normalized spacial score (nSPS) is 13.2. The Morgan fingerprint density at radius 2 is 2.12 bits per heavy atom. The Bertz CT molecular complexity index is 863. The van der Waals surface area contributed by atoms with E-state index in [4.69, 9.17) is 16.9 Å². The summed E-state index contributed by atoms with van der Waals surface area (Å²) in [5, 5.41) is 11.8. The fourth-order valence-electron chi connectivity index (χ4n) is 2.35. The van der Waals surface area contributed by atoms with Crippen LogP contribution in [0.15, 0.2) is 47.4 Å². The molecule has 5 nitrogen and oxygen atoms in total. The highest BCUT2D eigenvalue weighted by atomic mass is 35.5. The Hall–Kier alpha value is -2.49. The molecule has 2 aromatic carbocycles. The molecular formula is C17H12ClN3O2S. The number of anilines is 2. The minimum Gasteiger partial charge on any atom is -0.324 e. The lowest BCUT2D eigenvalue weighted by Crippen LogP contribution is -2.41. The molecule has 0 aliphatic carbocycles. The fraction of sp³-hybridized carbons (Fsp3) is 0.118. The van der Waals surface area contributed by atoms with Crippen molar-refractivity contribution in [2.45, 2.75) is 4.90 Å². The van der Waals surface area contributed by atoms with E-state index in [1.165, 1.54) is 28.8 Å². The number of rotatable bonds is 3. The maximum absolute atomic E-state index is 12.3. The van der Waals surface area contributed by atoms with Gasteiger partial charge < -0.3 is 10.2 Å². The van der Waals surface area contributed by atoms with Crippen molar-refractivity contribution in [2.24, 2.45) is 0 Å². The van der Waals surface area contributed by atoms with Crippen LogP contribution >= 0.6 is 23.4 Å². The molecule has 1 aliphatic heterocycles. The highest BCUT2D eigenvalue weighted by Crippen LogP contribution is 2.34. The highest BCUT2D eigenvalue weighted by Gasteiger charge is 2.26. The van der Waals surface area contributed by atoms with E-state index in [1.54, 1.807) is 6.07 Å². The van der Waals surface area contributed by atoms with Crippen molar-refractivity contribution in [3.05, 3.63) is 53.1 Å². The lowest BCUT2D eigenvalue weighted by Gasteiger charge is -2.28. The average Bonchev–Trinajstić information content (AvgIpc) is 2.58. The number of carbonyl (C=O) groups excluding carboxylic acids is 2. The van der Waals surface area contributed by atoms with E-state index >= 15 is 0 Å². The zero-order valence-electron chi connectivity index (χ0n) is 12.5. The summed E-state index contributed by atoms with van der Waals surface area (Å²) < 4.78 is 0. The molecule has 2 aromatic rings. The number of carbonyl (C=O) groups is 2. The van der Waals surface area contributed by atoms with Crippen LogP contribution in [-0.4, -0.2) is 24.1 Å². The molecule has 0 radical (unpaired) electrons. The zero-order chi connectivity index (χ0) is 17.1. The second kappa shape index (κ2) is 6.95. The first-order chi connectivity index (χ1) is 11.6. The molecular weight excluding hydrogens is 346 g/mol. The van der Waals surface area contributed by atoms with Crippen LogP contribution in [0.4, 0.5) is 11.4 Å². The number of nitrogens with zero attached hydrogens (tertiary/aromatic N) is 2. The summed E-state index contributed by atoms with van der Waals surface area (Å²) in [4.78, 5) is 26.9. The van der Waals surface area contributed by atoms with Gasteiger partial charge in [0.2, 0.25) is 11.8 Å². The van der Waals surface area contributed by atoms with Crippen LogP contribution in [0, 0.1) is 11.3 Å². The molecule has 1 aliphatic rings. The number of hydrogen-bond donors (Lipinski definition) is 1. The van der Waals surface area contributed by atoms with Gasteiger partial charge in [0.1, 0.15) is 12.6 Å². The quantitative estimate of drug-likeness (QED) is 0.914. The maximum atomic E-state index is 12.3. The fourth-order valence-corrected chi connectivity index (χ4v) is 3.51. The Morgan fingerprint density at radius 3 is 2.88 bits per heavy atom. The Morgan fingerprint density at radius 1 is 1.33 bits per heavy atom. The number of thioether (sulfide) groups is 1. The number of halogens is 1. The van der Waals surface area contributed by atoms with Gasteiger partial charge in [-0.1, -0.05) is 23.7 Å². The molecule has 7 heteroatoms. The lowest BCUT2D eigenvalue weighted by atomic mass is 10.2. The number of nitrogens with one attached hydrogen (secondary N) is 1. The molecule has 24 heavy (non-hydrogen) atoms. The first-order valence-corrected chi connectivity index (χ1v) is 8.46. The number of fused-ring (bicyclic) bond motifs is 1. The number of hydrogen-bond acceptors (Lipinski definition) is 4. The maximum Gasteiger partial charge on any atom is 0.244 e. The molecule has 0 spiro atoms. The molecule has 1 N–H and O–H groups in total. The first kappa shape index (κ1) is 16.4. The van der Waals surface area contributed by atoms with E-state index in [0.29, 0.717) is 17.0 Å². The summed E-state index contributed by atoms with van der Waals surface area (Å²) in [5.41, 5.74) is 1.56. The van der Waals surface area contributed by atoms with E-state index in [9.17, 15) is 9.59 Å². The minimum absolute atomic E-state index is 0.0754. The molecule has 0 fully saturated rings. The number of benzene rings is 2. The molecule has 0 aromatic heterocycles. The predicted molar refractivity (Wildman–Crippen MR) is 94.3 cm³/mol. The average molecular weight is 358 g/mol.